The van der Waals surface area contributed by atoms with E-state index < -0.39 is 6.04 Å². The van der Waals surface area contributed by atoms with E-state index in [9.17, 15) is 9.59 Å². The molecule has 0 aliphatic rings. The molecule has 2 aromatic carbocycles. The number of amides is 2. The summed E-state index contributed by atoms with van der Waals surface area (Å²) in [6.07, 6.45) is 1.49. The van der Waals surface area contributed by atoms with E-state index in [1.165, 1.54) is 5.56 Å². The summed E-state index contributed by atoms with van der Waals surface area (Å²) in [6, 6.07) is 16.9. The molecule has 0 radical (unpaired) electrons. The van der Waals surface area contributed by atoms with Crippen molar-refractivity contribution in [2.24, 2.45) is 5.92 Å². The van der Waals surface area contributed by atoms with Gasteiger partial charge in [-0.3, -0.25) is 9.59 Å². The predicted octanol–water partition coefficient (Wildman–Crippen LogP) is 4.21. The number of ether oxygens (including phenoxy) is 1. The van der Waals surface area contributed by atoms with Gasteiger partial charge in [0.25, 0.3) is 5.91 Å². The summed E-state index contributed by atoms with van der Waals surface area (Å²) < 4.78 is 5.74. The van der Waals surface area contributed by atoms with Crippen LogP contribution in [0.5, 0.6) is 5.75 Å². The molecular weight excluding hydrogens is 376 g/mol. The molecule has 1 atom stereocenters. The van der Waals surface area contributed by atoms with Crippen molar-refractivity contribution in [1.29, 1.82) is 0 Å². The molecule has 2 aromatic rings. The molecular formula is C25H34N2O3. The summed E-state index contributed by atoms with van der Waals surface area (Å²) in [7, 11) is 0. The second kappa shape index (κ2) is 12.0. The van der Waals surface area contributed by atoms with E-state index >= 15 is 0 Å². The highest BCUT2D eigenvalue weighted by Gasteiger charge is 2.28. The first-order valence-corrected chi connectivity index (χ1v) is 10.8. The third kappa shape index (κ3) is 7.21. The largest absolute Gasteiger partial charge is 0.484 e. The molecule has 0 spiro atoms. The Morgan fingerprint density at radius 3 is 2.20 bits per heavy atom. The number of carbonyl (C=O) groups is 2. The highest BCUT2D eigenvalue weighted by molar-refractivity contribution is 5.88. The SMILES string of the molecule is CCc1ccc(OCC(=O)N(Cc2ccccc2)[C@@H](CC)C(=O)NCC(C)C)cc1. The van der Waals surface area contributed by atoms with E-state index in [0.29, 0.717) is 31.2 Å². The fourth-order valence-electron chi connectivity index (χ4n) is 3.17. The molecule has 0 unspecified atom stereocenters. The Hall–Kier alpha value is -2.82. The highest BCUT2D eigenvalue weighted by Crippen LogP contribution is 2.15. The summed E-state index contributed by atoms with van der Waals surface area (Å²) in [4.78, 5) is 27.6. The number of nitrogens with one attached hydrogen (secondary N) is 1. The molecule has 2 rings (SSSR count). The molecule has 0 heterocycles. The van der Waals surface area contributed by atoms with Crippen LogP contribution in [0, 0.1) is 5.92 Å². The van der Waals surface area contributed by atoms with Crippen molar-refractivity contribution < 1.29 is 14.3 Å². The third-order valence-electron chi connectivity index (χ3n) is 4.96. The average Bonchev–Trinajstić information content (AvgIpc) is 2.76. The lowest BCUT2D eigenvalue weighted by molar-refractivity contribution is -0.143. The molecule has 0 aliphatic carbocycles. The molecule has 0 saturated carbocycles. The van der Waals surface area contributed by atoms with Crippen LogP contribution < -0.4 is 10.1 Å². The minimum absolute atomic E-state index is 0.105. The lowest BCUT2D eigenvalue weighted by atomic mass is 10.1. The molecule has 0 saturated heterocycles. The van der Waals surface area contributed by atoms with E-state index in [1.54, 1.807) is 4.90 Å². The maximum Gasteiger partial charge on any atom is 0.261 e. The first kappa shape index (κ1) is 23.5. The average molecular weight is 411 g/mol. The molecule has 0 aliphatic heterocycles. The fourth-order valence-corrected chi connectivity index (χ4v) is 3.17. The van der Waals surface area contributed by atoms with Crippen LogP contribution in [0.15, 0.2) is 54.6 Å². The monoisotopic (exact) mass is 410 g/mol. The molecule has 1 N–H and O–H groups in total. The zero-order valence-electron chi connectivity index (χ0n) is 18.6. The summed E-state index contributed by atoms with van der Waals surface area (Å²) in [5.41, 5.74) is 2.19. The number of aryl methyl sites for hydroxylation is 1. The van der Waals surface area contributed by atoms with Crippen LogP contribution in [-0.4, -0.2) is 35.9 Å². The number of benzene rings is 2. The molecule has 0 aromatic heterocycles. The van der Waals surface area contributed by atoms with E-state index in [0.717, 1.165) is 12.0 Å². The summed E-state index contributed by atoms with van der Waals surface area (Å²) in [5, 5.41) is 2.97. The minimum atomic E-state index is -0.539. The lowest BCUT2D eigenvalue weighted by Gasteiger charge is -2.30. The van der Waals surface area contributed by atoms with E-state index in [1.807, 2.05) is 75.4 Å². The second-order valence-corrected chi connectivity index (χ2v) is 7.86. The normalized spacial score (nSPS) is 11.8. The zero-order valence-corrected chi connectivity index (χ0v) is 18.6. The summed E-state index contributed by atoms with van der Waals surface area (Å²) in [5.74, 6) is 0.671. The van der Waals surface area contributed by atoms with Crippen LogP contribution in [0.3, 0.4) is 0 Å². The van der Waals surface area contributed by atoms with Crippen LogP contribution >= 0.6 is 0 Å². The van der Waals surface area contributed by atoms with Crippen LogP contribution in [0.2, 0.25) is 0 Å². The van der Waals surface area contributed by atoms with Gasteiger partial charge >= 0.3 is 0 Å². The van der Waals surface area contributed by atoms with E-state index in [2.05, 4.69) is 12.2 Å². The van der Waals surface area contributed by atoms with E-state index in [4.69, 9.17) is 4.74 Å². The molecule has 162 valence electrons. The Bertz CT molecular complexity index is 788. The molecule has 30 heavy (non-hydrogen) atoms. The molecule has 0 bridgehead atoms. The van der Waals surface area contributed by atoms with Gasteiger partial charge in [-0.05, 0) is 42.0 Å². The van der Waals surface area contributed by atoms with Crippen molar-refractivity contribution in [3.05, 3.63) is 65.7 Å². The first-order chi connectivity index (χ1) is 14.4. The smallest absolute Gasteiger partial charge is 0.261 e. The standard InChI is InChI=1S/C25H34N2O3/c1-5-20-12-14-22(15-13-20)30-18-24(28)27(17-21-10-8-7-9-11-21)23(6-2)25(29)26-16-19(3)4/h7-15,19,23H,5-6,16-18H2,1-4H3,(H,26,29)/t23-/m0/s1. The summed E-state index contributed by atoms with van der Waals surface area (Å²) in [6.45, 7) is 8.96. The van der Waals surface area contributed by atoms with Gasteiger partial charge in [-0.15, -0.1) is 0 Å². The number of carbonyl (C=O) groups excluding carboxylic acids is 2. The fraction of sp³-hybridized carbons (Fsp3) is 0.440. The number of rotatable bonds is 11. The molecule has 0 fully saturated rings. The Morgan fingerprint density at radius 2 is 1.63 bits per heavy atom. The summed E-state index contributed by atoms with van der Waals surface area (Å²) >= 11 is 0. The topological polar surface area (TPSA) is 58.6 Å². The van der Waals surface area contributed by atoms with Crippen LogP contribution in [0.25, 0.3) is 0 Å². The predicted molar refractivity (Wildman–Crippen MR) is 120 cm³/mol. The van der Waals surface area contributed by atoms with Gasteiger partial charge in [0.15, 0.2) is 6.61 Å². The van der Waals surface area contributed by atoms with Crippen molar-refractivity contribution in [2.45, 2.75) is 53.1 Å². The van der Waals surface area contributed by atoms with Crippen LogP contribution in [-0.2, 0) is 22.6 Å². The quantitative estimate of drug-likeness (QED) is 0.604. The lowest BCUT2D eigenvalue weighted by Crippen LogP contribution is -2.50. The third-order valence-corrected chi connectivity index (χ3v) is 4.96. The molecule has 2 amide bonds. The van der Waals surface area contributed by atoms with Crippen LogP contribution in [0.4, 0.5) is 0 Å². The van der Waals surface area contributed by atoms with Crippen LogP contribution in [0.1, 0.15) is 45.2 Å². The number of hydrogen-bond acceptors (Lipinski definition) is 3. The van der Waals surface area contributed by atoms with Gasteiger partial charge in [-0.25, -0.2) is 0 Å². The Morgan fingerprint density at radius 1 is 0.967 bits per heavy atom. The second-order valence-electron chi connectivity index (χ2n) is 7.86. The Balaban J connectivity index is 2.13. The zero-order chi connectivity index (χ0) is 21.9. The Labute approximate surface area is 180 Å². The molecule has 5 heteroatoms. The van der Waals surface area contributed by atoms with Crippen molar-refractivity contribution in [3.63, 3.8) is 0 Å². The van der Waals surface area contributed by atoms with Crippen molar-refractivity contribution in [3.8, 4) is 5.75 Å². The van der Waals surface area contributed by atoms with Crippen molar-refractivity contribution >= 4 is 11.8 Å². The van der Waals surface area contributed by atoms with Crippen molar-refractivity contribution in [1.82, 2.24) is 10.2 Å². The van der Waals surface area contributed by atoms with Gasteiger partial charge in [-0.1, -0.05) is 70.2 Å². The van der Waals surface area contributed by atoms with Gasteiger partial charge in [0.2, 0.25) is 5.91 Å². The highest BCUT2D eigenvalue weighted by atomic mass is 16.5. The van der Waals surface area contributed by atoms with Gasteiger partial charge in [0.05, 0.1) is 0 Å². The number of hydrogen-bond donors (Lipinski definition) is 1. The minimum Gasteiger partial charge on any atom is -0.484 e. The first-order valence-electron chi connectivity index (χ1n) is 10.8. The van der Waals surface area contributed by atoms with Gasteiger partial charge in [0.1, 0.15) is 11.8 Å². The maximum atomic E-state index is 13.1. The van der Waals surface area contributed by atoms with Gasteiger partial charge < -0.3 is 15.0 Å². The number of nitrogens with zero attached hydrogens (tertiary/aromatic N) is 1. The van der Waals surface area contributed by atoms with Gasteiger partial charge in [0, 0.05) is 13.1 Å². The van der Waals surface area contributed by atoms with E-state index in [-0.39, 0.29) is 18.4 Å². The molecule has 5 nitrogen and oxygen atoms in total. The van der Waals surface area contributed by atoms with Gasteiger partial charge in [-0.2, -0.15) is 0 Å². The van der Waals surface area contributed by atoms with Crippen molar-refractivity contribution in [2.75, 3.05) is 13.2 Å². The maximum absolute atomic E-state index is 13.1. The Kier molecular flexibility index (Phi) is 9.39.